The minimum atomic E-state index is -0.233. The van der Waals surface area contributed by atoms with E-state index in [1.54, 1.807) is 14.2 Å². The van der Waals surface area contributed by atoms with E-state index in [0.29, 0.717) is 6.42 Å². The molecule has 1 heterocycles. The number of carbonyl (C=O) groups excluding carboxylic acids is 1. The summed E-state index contributed by atoms with van der Waals surface area (Å²) >= 11 is 0. The third-order valence-electron chi connectivity index (χ3n) is 4.02. The SMILES string of the molecule is COc1ccc(OC)c(CN2CCN(CCC(N)=O)CC2)c1. The number of rotatable bonds is 7. The topological polar surface area (TPSA) is 68.0 Å². The first-order valence-electron chi connectivity index (χ1n) is 7.56. The largest absolute Gasteiger partial charge is 0.497 e. The Balaban J connectivity index is 1.89. The summed E-state index contributed by atoms with van der Waals surface area (Å²) in [6.07, 6.45) is 0.434. The first-order valence-corrected chi connectivity index (χ1v) is 7.56. The van der Waals surface area contributed by atoms with Crippen LogP contribution in [0, 0.1) is 0 Å². The van der Waals surface area contributed by atoms with Crippen LogP contribution in [0.1, 0.15) is 12.0 Å². The Morgan fingerprint density at radius 2 is 1.82 bits per heavy atom. The minimum absolute atomic E-state index is 0.233. The number of primary amides is 1. The van der Waals surface area contributed by atoms with Crippen molar-refractivity contribution in [1.82, 2.24) is 9.80 Å². The second-order valence-electron chi connectivity index (χ2n) is 5.51. The highest BCUT2D eigenvalue weighted by Crippen LogP contribution is 2.25. The fourth-order valence-electron chi connectivity index (χ4n) is 2.69. The van der Waals surface area contributed by atoms with E-state index in [-0.39, 0.29) is 5.91 Å². The van der Waals surface area contributed by atoms with Crippen LogP contribution < -0.4 is 15.2 Å². The molecule has 1 amide bonds. The lowest BCUT2D eigenvalue weighted by atomic mass is 10.1. The number of amides is 1. The maximum Gasteiger partial charge on any atom is 0.218 e. The van der Waals surface area contributed by atoms with Crippen molar-refractivity contribution >= 4 is 5.91 Å². The number of ether oxygens (including phenoxy) is 2. The summed E-state index contributed by atoms with van der Waals surface area (Å²) in [6, 6.07) is 5.87. The van der Waals surface area contributed by atoms with Crippen LogP contribution in [0.5, 0.6) is 11.5 Å². The number of nitrogens with zero attached hydrogens (tertiary/aromatic N) is 2. The quantitative estimate of drug-likeness (QED) is 0.803. The first-order chi connectivity index (χ1) is 10.6. The fraction of sp³-hybridized carbons (Fsp3) is 0.562. The average molecular weight is 307 g/mol. The smallest absolute Gasteiger partial charge is 0.218 e. The lowest BCUT2D eigenvalue weighted by Crippen LogP contribution is -2.46. The fourth-order valence-corrected chi connectivity index (χ4v) is 2.69. The zero-order valence-electron chi connectivity index (χ0n) is 13.4. The summed E-state index contributed by atoms with van der Waals surface area (Å²) in [6.45, 7) is 5.45. The third-order valence-corrected chi connectivity index (χ3v) is 4.02. The van der Waals surface area contributed by atoms with Gasteiger partial charge < -0.3 is 20.1 Å². The van der Waals surface area contributed by atoms with Gasteiger partial charge in [-0.05, 0) is 18.2 Å². The van der Waals surface area contributed by atoms with Gasteiger partial charge in [-0.1, -0.05) is 0 Å². The molecule has 0 atom stereocenters. The maximum atomic E-state index is 10.8. The molecule has 1 aromatic rings. The monoisotopic (exact) mass is 307 g/mol. The van der Waals surface area contributed by atoms with Crippen LogP contribution in [0.3, 0.4) is 0 Å². The highest BCUT2D eigenvalue weighted by Gasteiger charge is 2.18. The molecule has 1 fully saturated rings. The molecule has 0 aromatic heterocycles. The van der Waals surface area contributed by atoms with Gasteiger partial charge in [0, 0.05) is 51.3 Å². The number of nitrogens with two attached hydrogens (primary N) is 1. The van der Waals surface area contributed by atoms with Crippen molar-refractivity contribution in [2.24, 2.45) is 5.73 Å². The summed E-state index contributed by atoms with van der Waals surface area (Å²) in [5.74, 6) is 1.50. The van der Waals surface area contributed by atoms with E-state index >= 15 is 0 Å². The zero-order chi connectivity index (χ0) is 15.9. The number of methoxy groups -OCH3 is 2. The van der Waals surface area contributed by atoms with E-state index in [2.05, 4.69) is 9.80 Å². The minimum Gasteiger partial charge on any atom is -0.497 e. The van der Waals surface area contributed by atoms with Crippen LogP contribution in [0.2, 0.25) is 0 Å². The Morgan fingerprint density at radius 3 is 2.41 bits per heavy atom. The molecule has 0 bridgehead atoms. The molecule has 1 aromatic carbocycles. The number of benzene rings is 1. The van der Waals surface area contributed by atoms with Gasteiger partial charge in [0.25, 0.3) is 0 Å². The average Bonchev–Trinajstić information content (AvgIpc) is 2.54. The summed E-state index contributed by atoms with van der Waals surface area (Å²) < 4.78 is 10.7. The van der Waals surface area contributed by atoms with Gasteiger partial charge in [0.2, 0.25) is 5.91 Å². The Morgan fingerprint density at radius 1 is 1.14 bits per heavy atom. The Kier molecular flexibility index (Phi) is 6.03. The molecular weight excluding hydrogens is 282 g/mol. The highest BCUT2D eigenvalue weighted by atomic mass is 16.5. The zero-order valence-corrected chi connectivity index (χ0v) is 13.4. The Labute approximate surface area is 131 Å². The summed E-state index contributed by atoms with van der Waals surface area (Å²) in [5.41, 5.74) is 6.33. The third kappa shape index (κ3) is 4.61. The summed E-state index contributed by atoms with van der Waals surface area (Å²) in [4.78, 5) is 15.5. The van der Waals surface area contributed by atoms with Crippen molar-refractivity contribution in [3.63, 3.8) is 0 Å². The second-order valence-corrected chi connectivity index (χ2v) is 5.51. The van der Waals surface area contributed by atoms with Crippen molar-refractivity contribution < 1.29 is 14.3 Å². The van der Waals surface area contributed by atoms with Crippen molar-refractivity contribution in [3.8, 4) is 11.5 Å². The lowest BCUT2D eigenvalue weighted by molar-refractivity contribution is -0.118. The van der Waals surface area contributed by atoms with Crippen molar-refractivity contribution in [3.05, 3.63) is 23.8 Å². The van der Waals surface area contributed by atoms with Gasteiger partial charge in [-0.15, -0.1) is 0 Å². The molecule has 0 spiro atoms. The molecular formula is C16H25N3O3. The predicted octanol–water partition coefficient (Wildman–Crippen LogP) is 0.697. The molecule has 2 N–H and O–H groups in total. The van der Waals surface area contributed by atoms with Crippen LogP contribution in [0.25, 0.3) is 0 Å². The summed E-state index contributed by atoms with van der Waals surface area (Å²) in [7, 11) is 3.36. The van der Waals surface area contributed by atoms with Crippen LogP contribution >= 0.6 is 0 Å². The van der Waals surface area contributed by atoms with E-state index < -0.39 is 0 Å². The molecule has 1 aliphatic heterocycles. The van der Waals surface area contributed by atoms with Crippen LogP contribution in [-0.2, 0) is 11.3 Å². The molecule has 0 unspecified atom stereocenters. The molecule has 0 radical (unpaired) electrons. The molecule has 22 heavy (non-hydrogen) atoms. The van der Waals surface area contributed by atoms with E-state index in [1.807, 2.05) is 18.2 Å². The first kappa shape index (κ1) is 16.6. The Bertz CT molecular complexity index is 499. The molecule has 6 nitrogen and oxygen atoms in total. The van der Waals surface area contributed by atoms with E-state index in [9.17, 15) is 4.79 Å². The van der Waals surface area contributed by atoms with Crippen LogP contribution in [0.15, 0.2) is 18.2 Å². The Hall–Kier alpha value is -1.79. The predicted molar refractivity (Wildman–Crippen MR) is 85.1 cm³/mol. The van der Waals surface area contributed by atoms with Gasteiger partial charge in [0.1, 0.15) is 11.5 Å². The molecule has 6 heteroatoms. The van der Waals surface area contributed by atoms with Gasteiger partial charge in [-0.2, -0.15) is 0 Å². The number of piperazine rings is 1. The van der Waals surface area contributed by atoms with Gasteiger partial charge in [-0.3, -0.25) is 9.69 Å². The van der Waals surface area contributed by atoms with Crippen molar-refractivity contribution in [1.29, 1.82) is 0 Å². The summed E-state index contributed by atoms with van der Waals surface area (Å²) in [5, 5.41) is 0. The second kappa shape index (κ2) is 8.00. The van der Waals surface area contributed by atoms with Gasteiger partial charge in [-0.25, -0.2) is 0 Å². The molecule has 122 valence electrons. The lowest BCUT2D eigenvalue weighted by Gasteiger charge is -2.34. The standard InChI is InChI=1S/C16H25N3O3/c1-21-14-3-4-15(22-2)13(11-14)12-19-9-7-18(8-10-19)6-5-16(17)20/h3-4,11H,5-10,12H2,1-2H3,(H2,17,20). The van der Waals surface area contributed by atoms with Gasteiger partial charge >= 0.3 is 0 Å². The number of carbonyl (C=O) groups is 1. The van der Waals surface area contributed by atoms with Crippen LogP contribution in [-0.4, -0.2) is 62.7 Å². The maximum absolute atomic E-state index is 10.8. The molecule has 0 aliphatic carbocycles. The molecule has 1 aliphatic rings. The molecule has 1 saturated heterocycles. The van der Waals surface area contributed by atoms with Crippen molar-refractivity contribution in [2.45, 2.75) is 13.0 Å². The number of hydrogen-bond acceptors (Lipinski definition) is 5. The normalized spacial score (nSPS) is 16.5. The van der Waals surface area contributed by atoms with E-state index in [4.69, 9.17) is 15.2 Å². The van der Waals surface area contributed by atoms with E-state index in [1.165, 1.54) is 0 Å². The van der Waals surface area contributed by atoms with E-state index in [0.717, 1.165) is 56.3 Å². The van der Waals surface area contributed by atoms with Crippen molar-refractivity contribution in [2.75, 3.05) is 46.9 Å². The van der Waals surface area contributed by atoms with Gasteiger partial charge in [0.15, 0.2) is 0 Å². The van der Waals surface area contributed by atoms with Crippen LogP contribution in [0.4, 0.5) is 0 Å². The highest BCUT2D eigenvalue weighted by molar-refractivity contribution is 5.73. The molecule has 0 saturated carbocycles. The van der Waals surface area contributed by atoms with Gasteiger partial charge in [0.05, 0.1) is 14.2 Å². The molecule has 2 rings (SSSR count). The number of hydrogen-bond donors (Lipinski definition) is 1.